The molecular weight excluding hydrogens is 180 g/mol. The molecule has 0 aromatic carbocycles. The Morgan fingerprint density at radius 3 is 2.46 bits per heavy atom. The van der Waals surface area contributed by atoms with Gasteiger partial charge in [-0.2, -0.15) is 0 Å². The lowest BCUT2D eigenvalue weighted by Gasteiger charge is -2.07. The second-order valence-electron chi connectivity index (χ2n) is 2.47. The molecule has 0 bridgehead atoms. The third kappa shape index (κ3) is 1.83. The van der Waals surface area contributed by atoms with Crippen molar-refractivity contribution in [2.45, 2.75) is 13.0 Å². The van der Waals surface area contributed by atoms with Crippen molar-refractivity contribution in [1.82, 2.24) is 4.98 Å². The van der Waals surface area contributed by atoms with E-state index in [2.05, 4.69) is 4.98 Å². The van der Waals surface area contributed by atoms with Crippen LogP contribution in [0.25, 0.3) is 0 Å². The first-order valence-electron chi connectivity index (χ1n) is 3.50. The van der Waals surface area contributed by atoms with Gasteiger partial charge in [0.1, 0.15) is 11.6 Å². The number of nitrogen functional groups attached to an aromatic ring is 2. The van der Waals surface area contributed by atoms with Crippen molar-refractivity contribution in [2.24, 2.45) is 0 Å². The first kappa shape index (κ1) is 9.66. The van der Waals surface area contributed by atoms with Gasteiger partial charge in [-0.05, 0) is 6.07 Å². The Kier molecular flexibility index (Phi) is 2.62. The Morgan fingerprint density at radius 1 is 1.38 bits per heavy atom. The number of nitrogens with zero attached hydrogens (tertiary/aromatic N) is 1. The number of alkyl halides is 2. The zero-order valence-corrected chi connectivity index (χ0v) is 6.67. The number of rotatable bonds is 2. The number of halogens is 2. The third-order valence-electron chi connectivity index (χ3n) is 1.60. The maximum Gasteiger partial charge on any atom is 0.267 e. The minimum Gasteiger partial charge on any atom is -0.392 e. The van der Waals surface area contributed by atoms with E-state index in [1.807, 2.05) is 0 Å². The fourth-order valence-corrected chi connectivity index (χ4v) is 0.903. The molecule has 6 heteroatoms. The molecule has 0 aliphatic heterocycles. The van der Waals surface area contributed by atoms with Crippen LogP contribution in [-0.4, -0.2) is 10.1 Å². The van der Waals surface area contributed by atoms with Crippen LogP contribution in [0, 0.1) is 0 Å². The molecule has 0 amide bonds. The molecule has 0 atom stereocenters. The van der Waals surface area contributed by atoms with Gasteiger partial charge in [-0.3, -0.25) is 0 Å². The highest BCUT2D eigenvalue weighted by Crippen LogP contribution is 2.26. The summed E-state index contributed by atoms with van der Waals surface area (Å²) in [5.41, 5.74) is 10.3. The lowest BCUT2D eigenvalue weighted by Crippen LogP contribution is -2.05. The van der Waals surface area contributed by atoms with E-state index < -0.39 is 18.6 Å². The van der Waals surface area contributed by atoms with Crippen LogP contribution in [0.5, 0.6) is 0 Å². The molecule has 0 spiro atoms. The summed E-state index contributed by atoms with van der Waals surface area (Å²) in [6.45, 7) is -0.432. The van der Waals surface area contributed by atoms with Crippen LogP contribution >= 0.6 is 0 Å². The van der Waals surface area contributed by atoms with Crippen LogP contribution in [0.1, 0.15) is 17.6 Å². The van der Waals surface area contributed by atoms with Gasteiger partial charge in [0.25, 0.3) is 6.43 Å². The van der Waals surface area contributed by atoms with Crippen LogP contribution in [0.4, 0.5) is 20.4 Å². The predicted molar refractivity (Wildman–Crippen MR) is 43.9 cm³/mol. The van der Waals surface area contributed by atoms with E-state index in [1.54, 1.807) is 0 Å². The van der Waals surface area contributed by atoms with Gasteiger partial charge < -0.3 is 16.6 Å². The quantitative estimate of drug-likeness (QED) is 0.638. The molecule has 0 aliphatic rings. The van der Waals surface area contributed by atoms with Gasteiger partial charge in [-0.25, -0.2) is 13.8 Å². The van der Waals surface area contributed by atoms with E-state index in [1.165, 1.54) is 0 Å². The molecule has 4 nitrogen and oxygen atoms in total. The first-order chi connectivity index (χ1) is 6.06. The number of aromatic nitrogens is 1. The number of pyridine rings is 1. The highest BCUT2D eigenvalue weighted by atomic mass is 19.3. The van der Waals surface area contributed by atoms with Crippen molar-refractivity contribution in [1.29, 1.82) is 0 Å². The molecule has 0 unspecified atom stereocenters. The highest BCUT2D eigenvalue weighted by Gasteiger charge is 2.14. The van der Waals surface area contributed by atoms with Crippen LogP contribution in [0.2, 0.25) is 0 Å². The summed E-state index contributed by atoms with van der Waals surface area (Å²) in [7, 11) is 0. The monoisotopic (exact) mass is 189 g/mol. The fraction of sp³-hybridized carbons (Fsp3) is 0.286. The largest absolute Gasteiger partial charge is 0.392 e. The molecule has 0 radical (unpaired) electrons. The van der Waals surface area contributed by atoms with E-state index in [0.717, 1.165) is 6.07 Å². The second kappa shape index (κ2) is 3.53. The highest BCUT2D eigenvalue weighted by molar-refractivity contribution is 5.51. The van der Waals surface area contributed by atoms with E-state index >= 15 is 0 Å². The Morgan fingerprint density at radius 2 is 2.00 bits per heavy atom. The molecule has 72 valence electrons. The van der Waals surface area contributed by atoms with Crippen LogP contribution in [0.3, 0.4) is 0 Å². The lowest BCUT2D eigenvalue weighted by molar-refractivity contribution is 0.151. The van der Waals surface area contributed by atoms with Crippen molar-refractivity contribution in [3.63, 3.8) is 0 Å². The molecule has 13 heavy (non-hydrogen) atoms. The Hall–Kier alpha value is -1.43. The molecule has 1 aromatic rings. The summed E-state index contributed by atoms with van der Waals surface area (Å²) >= 11 is 0. The molecule has 5 N–H and O–H groups in total. The first-order valence-corrected chi connectivity index (χ1v) is 3.50. The summed E-state index contributed by atoms with van der Waals surface area (Å²) in [6, 6.07) is 1.06. The average molecular weight is 189 g/mol. The summed E-state index contributed by atoms with van der Waals surface area (Å²) < 4.78 is 24.5. The van der Waals surface area contributed by atoms with E-state index in [9.17, 15) is 8.78 Å². The van der Waals surface area contributed by atoms with Crippen molar-refractivity contribution >= 4 is 11.6 Å². The van der Waals surface area contributed by atoms with E-state index in [4.69, 9.17) is 16.6 Å². The number of anilines is 2. The normalized spacial score (nSPS) is 10.8. The van der Waals surface area contributed by atoms with E-state index in [0.29, 0.717) is 0 Å². The van der Waals surface area contributed by atoms with Crippen LogP contribution in [-0.2, 0) is 6.61 Å². The summed E-state index contributed by atoms with van der Waals surface area (Å²) in [4.78, 5) is 3.48. The van der Waals surface area contributed by atoms with Crippen molar-refractivity contribution in [2.75, 3.05) is 11.5 Å². The lowest BCUT2D eigenvalue weighted by atomic mass is 10.2. The molecule has 1 heterocycles. The minimum absolute atomic E-state index is 0.0237. The number of aliphatic hydroxyl groups excluding tert-OH is 1. The molecule has 1 rings (SSSR count). The zero-order valence-electron chi connectivity index (χ0n) is 6.67. The van der Waals surface area contributed by atoms with Gasteiger partial charge in [0, 0.05) is 5.56 Å². The van der Waals surface area contributed by atoms with E-state index in [-0.39, 0.29) is 17.2 Å². The maximum atomic E-state index is 12.2. The number of nitrogens with two attached hydrogens (primary N) is 2. The van der Waals surface area contributed by atoms with Gasteiger partial charge in [-0.15, -0.1) is 0 Å². The number of hydrogen-bond acceptors (Lipinski definition) is 4. The molecule has 1 aromatic heterocycles. The van der Waals surface area contributed by atoms with Crippen LogP contribution in [0.15, 0.2) is 6.07 Å². The fourth-order valence-electron chi connectivity index (χ4n) is 0.903. The molecule has 0 fully saturated rings. The standard InChI is InChI=1S/C7H9F2N3O/c8-5(9)4-1-3(2-13)6(10)12-7(4)11/h1,5,13H,2H2,(H4,10,11,12). The summed E-state index contributed by atoms with van der Waals surface area (Å²) in [6.07, 6.45) is -2.71. The number of hydrogen-bond donors (Lipinski definition) is 3. The SMILES string of the molecule is Nc1nc(N)c(C(F)F)cc1CO. The van der Waals surface area contributed by atoms with Crippen molar-refractivity contribution in [3.05, 3.63) is 17.2 Å². The maximum absolute atomic E-state index is 12.2. The average Bonchev–Trinajstić information content (AvgIpc) is 2.03. The van der Waals surface area contributed by atoms with Gasteiger partial charge in [0.05, 0.1) is 12.2 Å². The van der Waals surface area contributed by atoms with Gasteiger partial charge in [-0.1, -0.05) is 0 Å². The zero-order chi connectivity index (χ0) is 10.0. The summed E-state index contributed by atoms with van der Waals surface area (Å²) in [5, 5.41) is 8.71. The molecule has 0 aliphatic carbocycles. The van der Waals surface area contributed by atoms with Gasteiger partial charge in [0.15, 0.2) is 0 Å². The van der Waals surface area contributed by atoms with Crippen LogP contribution < -0.4 is 11.5 Å². The molecule has 0 saturated heterocycles. The van der Waals surface area contributed by atoms with Gasteiger partial charge >= 0.3 is 0 Å². The summed E-state index contributed by atoms with van der Waals surface area (Å²) in [5.74, 6) is -0.325. The molecular formula is C7H9F2N3O. The predicted octanol–water partition coefficient (Wildman–Crippen LogP) is 0.676. The number of aliphatic hydroxyl groups is 1. The smallest absolute Gasteiger partial charge is 0.267 e. The molecule has 0 saturated carbocycles. The Labute approximate surface area is 73.2 Å². The second-order valence-corrected chi connectivity index (χ2v) is 2.47. The van der Waals surface area contributed by atoms with Crippen molar-refractivity contribution in [3.8, 4) is 0 Å². The Balaban J connectivity index is 3.22. The van der Waals surface area contributed by atoms with Crippen molar-refractivity contribution < 1.29 is 13.9 Å². The minimum atomic E-state index is -2.71. The third-order valence-corrected chi connectivity index (χ3v) is 1.60. The Bertz CT molecular complexity index is 317. The van der Waals surface area contributed by atoms with Gasteiger partial charge in [0.2, 0.25) is 0 Å². The topological polar surface area (TPSA) is 85.2 Å².